The molecule has 8 heteroatoms. The van der Waals surface area contributed by atoms with Crippen LogP contribution in [0.25, 0.3) is 0 Å². The predicted molar refractivity (Wildman–Crippen MR) is 112 cm³/mol. The minimum Gasteiger partial charge on any atom is -0.495 e. The van der Waals surface area contributed by atoms with Crippen LogP contribution in [-0.2, 0) is 4.74 Å². The zero-order valence-corrected chi connectivity index (χ0v) is 17.1. The highest BCUT2D eigenvalue weighted by Gasteiger charge is 2.37. The predicted octanol–water partition coefficient (Wildman–Crippen LogP) is 3.12. The molecule has 2 fully saturated rings. The lowest BCUT2D eigenvalue weighted by Gasteiger charge is -2.44. The number of benzene rings is 1. The number of nitrogens with one attached hydrogen (secondary N) is 2. The second-order valence-corrected chi connectivity index (χ2v) is 7.85. The van der Waals surface area contributed by atoms with Gasteiger partial charge in [-0.25, -0.2) is 4.79 Å². The van der Waals surface area contributed by atoms with Gasteiger partial charge in [0, 0.05) is 41.5 Å². The van der Waals surface area contributed by atoms with E-state index in [1.165, 1.54) is 0 Å². The summed E-state index contributed by atoms with van der Waals surface area (Å²) in [5.74, 6) is 0.810. The van der Waals surface area contributed by atoms with Crippen LogP contribution in [0.4, 0.5) is 10.5 Å². The molecule has 0 radical (unpaired) electrons. The molecule has 2 atom stereocenters. The normalized spacial score (nSPS) is 22.6. The van der Waals surface area contributed by atoms with Gasteiger partial charge in [0.15, 0.2) is 0 Å². The Morgan fingerprint density at radius 3 is 2.66 bits per heavy atom. The fourth-order valence-corrected chi connectivity index (χ4v) is 3.94. The Morgan fingerprint density at radius 1 is 1.24 bits per heavy atom. The van der Waals surface area contributed by atoms with E-state index in [1.807, 2.05) is 12.1 Å². The van der Waals surface area contributed by atoms with Gasteiger partial charge in [0.1, 0.15) is 5.75 Å². The van der Waals surface area contributed by atoms with Crippen molar-refractivity contribution in [3.63, 3.8) is 0 Å². The zero-order chi connectivity index (χ0) is 20.2. The Bertz CT molecular complexity index is 827. The van der Waals surface area contributed by atoms with Crippen molar-refractivity contribution >= 4 is 23.3 Å². The van der Waals surface area contributed by atoms with E-state index in [9.17, 15) is 4.79 Å². The average Bonchev–Trinajstić information content (AvgIpc) is 2.69. The summed E-state index contributed by atoms with van der Waals surface area (Å²) < 4.78 is 10.6. The van der Waals surface area contributed by atoms with Crippen LogP contribution in [0, 0.1) is 0 Å². The highest BCUT2D eigenvalue weighted by molar-refractivity contribution is 6.30. The number of pyridine rings is 1. The smallest absolute Gasteiger partial charge is 0.319 e. The standard InChI is InChI=1S/C21H25ClN4O3/c1-28-17-6-7-19(23-10-17)18-11-26(16-12-29-13-16)9-8-20(18)25-21(27)24-15-4-2-14(22)3-5-15/h2-7,10,16,18,20H,8-9,11-13H2,1H3,(H2,24,25,27). The molecule has 2 saturated heterocycles. The van der Waals surface area contributed by atoms with E-state index in [2.05, 4.69) is 20.5 Å². The molecule has 1 aromatic heterocycles. The van der Waals surface area contributed by atoms with Crippen molar-refractivity contribution in [3.05, 3.63) is 53.3 Å². The first-order valence-corrected chi connectivity index (χ1v) is 10.1. The molecule has 7 nitrogen and oxygen atoms in total. The number of nitrogens with zero attached hydrogens (tertiary/aromatic N) is 2. The average molecular weight is 417 g/mol. The van der Waals surface area contributed by atoms with Gasteiger partial charge in [0.2, 0.25) is 0 Å². The number of likely N-dealkylation sites (tertiary alicyclic amines) is 1. The van der Waals surface area contributed by atoms with Gasteiger partial charge in [-0.15, -0.1) is 0 Å². The van der Waals surface area contributed by atoms with Crippen LogP contribution in [0.1, 0.15) is 18.0 Å². The Labute approximate surface area is 175 Å². The van der Waals surface area contributed by atoms with E-state index < -0.39 is 0 Å². The van der Waals surface area contributed by atoms with Crippen LogP contribution in [0.15, 0.2) is 42.6 Å². The molecule has 2 N–H and O–H groups in total. The number of methoxy groups -OCH3 is 1. The molecule has 2 aromatic rings. The van der Waals surface area contributed by atoms with Gasteiger partial charge in [0.05, 0.1) is 32.6 Å². The molecule has 0 saturated carbocycles. The molecule has 2 aliphatic heterocycles. The van der Waals surface area contributed by atoms with Crippen molar-refractivity contribution in [2.45, 2.75) is 24.4 Å². The first-order chi connectivity index (χ1) is 14.1. The molecule has 2 amide bonds. The third-order valence-electron chi connectivity index (χ3n) is 5.57. The van der Waals surface area contributed by atoms with Gasteiger partial charge in [-0.2, -0.15) is 0 Å². The van der Waals surface area contributed by atoms with Crippen molar-refractivity contribution in [2.75, 3.05) is 38.7 Å². The van der Waals surface area contributed by atoms with Crippen molar-refractivity contribution < 1.29 is 14.3 Å². The van der Waals surface area contributed by atoms with E-state index in [-0.39, 0.29) is 18.0 Å². The summed E-state index contributed by atoms with van der Waals surface area (Å²) in [5.41, 5.74) is 1.66. The SMILES string of the molecule is COc1ccc(C2CN(C3COC3)CCC2NC(=O)Nc2ccc(Cl)cc2)nc1. The summed E-state index contributed by atoms with van der Waals surface area (Å²) in [5, 5.41) is 6.66. The van der Waals surface area contributed by atoms with E-state index in [0.29, 0.717) is 16.8 Å². The first-order valence-electron chi connectivity index (χ1n) is 9.77. The molecule has 3 heterocycles. The van der Waals surface area contributed by atoms with Crippen LogP contribution >= 0.6 is 11.6 Å². The van der Waals surface area contributed by atoms with E-state index in [0.717, 1.165) is 44.2 Å². The van der Waals surface area contributed by atoms with Gasteiger partial charge in [-0.3, -0.25) is 9.88 Å². The molecule has 154 valence electrons. The van der Waals surface area contributed by atoms with E-state index in [4.69, 9.17) is 21.1 Å². The van der Waals surface area contributed by atoms with Crippen LogP contribution in [-0.4, -0.2) is 61.4 Å². The summed E-state index contributed by atoms with van der Waals surface area (Å²) in [6, 6.07) is 11.2. The Balaban J connectivity index is 1.46. The van der Waals surface area contributed by atoms with Crippen molar-refractivity contribution in [2.24, 2.45) is 0 Å². The fraction of sp³-hybridized carbons (Fsp3) is 0.429. The van der Waals surface area contributed by atoms with Crippen LogP contribution in [0.2, 0.25) is 5.02 Å². The second-order valence-electron chi connectivity index (χ2n) is 7.42. The number of ether oxygens (including phenoxy) is 2. The molecule has 2 unspecified atom stereocenters. The monoisotopic (exact) mass is 416 g/mol. The van der Waals surface area contributed by atoms with Gasteiger partial charge in [-0.05, 0) is 42.8 Å². The van der Waals surface area contributed by atoms with Crippen molar-refractivity contribution in [3.8, 4) is 5.75 Å². The van der Waals surface area contributed by atoms with Crippen LogP contribution in [0.3, 0.4) is 0 Å². The summed E-state index contributed by atoms with van der Waals surface area (Å²) in [7, 11) is 1.63. The number of anilines is 1. The van der Waals surface area contributed by atoms with E-state index in [1.54, 1.807) is 37.6 Å². The molecule has 29 heavy (non-hydrogen) atoms. The van der Waals surface area contributed by atoms with Gasteiger partial charge < -0.3 is 20.1 Å². The Morgan fingerprint density at radius 2 is 2.03 bits per heavy atom. The maximum atomic E-state index is 12.6. The van der Waals surface area contributed by atoms with Crippen LogP contribution in [0.5, 0.6) is 5.75 Å². The maximum absolute atomic E-state index is 12.6. The molecular formula is C21H25ClN4O3. The number of carbonyl (C=O) groups excluding carboxylic acids is 1. The molecule has 4 rings (SSSR count). The summed E-state index contributed by atoms with van der Waals surface area (Å²) in [6.45, 7) is 3.31. The quantitative estimate of drug-likeness (QED) is 0.783. The first kappa shape index (κ1) is 19.9. The van der Waals surface area contributed by atoms with E-state index >= 15 is 0 Å². The minimum absolute atomic E-state index is 0.0135. The van der Waals surface area contributed by atoms with Crippen molar-refractivity contribution in [1.29, 1.82) is 0 Å². The van der Waals surface area contributed by atoms with Gasteiger partial charge in [-0.1, -0.05) is 11.6 Å². The summed E-state index contributed by atoms with van der Waals surface area (Å²) in [4.78, 5) is 19.6. The summed E-state index contributed by atoms with van der Waals surface area (Å²) in [6.07, 6.45) is 2.58. The van der Waals surface area contributed by atoms with Crippen LogP contribution < -0.4 is 15.4 Å². The number of rotatable bonds is 5. The summed E-state index contributed by atoms with van der Waals surface area (Å²) >= 11 is 5.91. The lowest BCUT2D eigenvalue weighted by atomic mass is 9.88. The zero-order valence-electron chi connectivity index (χ0n) is 16.3. The number of aromatic nitrogens is 1. The number of urea groups is 1. The Hall–Kier alpha value is -2.35. The third-order valence-corrected chi connectivity index (χ3v) is 5.83. The number of amides is 2. The second kappa shape index (κ2) is 8.98. The number of hydrogen-bond acceptors (Lipinski definition) is 5. The molecular weight excluding hydrogens is 392 g/mol. The topological polar surface area (TPSA) is 75.7 Å². The largest absolute Gasteiger partial charge is 0.495 e. The molecule has 1 aromatic carbocycles. The van der Waals surface area contributed by atoms with Crippen molar-refractivity contribution in [1.82, 2.24) is 15.2 Å². The third kappa shape index (κ3) is 4.80. The number of hydrogen-bond donors (Lipinski definition) is 2. The molecule has 2 aliphatic rings. The highest BCUT2D eigenvalue weighted by atomic mass is 35.5. The van der Waals surface area contributed by atoms with Gasteiger partial charge >= 0.3 is 6.03 Å². The number of halogens is 1. The molecule has 0 bridgehead atoms. The lowest BCUT2D eigenvalue weighted by molar-refractivity contribution is -0.0744. The Kier molecular flexibility index (Phi) is 6.18. The maximum Gasteiger partial charge on any atom is 0.319 e. The molecule has 0 spiro atoms. The highest BCUT2D eigenvalue weighted by Crippen LogP contribution is 2.29. The number of piperidine rings is 1. The molecule has 0 aliphatic carbocycles. The number of carbonyl (C=O) groups is 1. The van der Waals surface area contributed by atoms with Gasteiger partial charge in [0.25, 0.3) is 0 Å². The fourth-order valence-electron chi connectivity index (χ4n) is 3.82. The lowest BCUT2D eigenvalue weighted by Crippen LogP contribution is -2.57. The minimum atomic E-state index is -0.226.